The first-order valence-corrected chi connectivity index (χ1v) is 12.1. The van der Waals surface area contributed by atoms with Gasteiger partial charge in [-0.15, -0.1) is 11.3 Å². The average molecular weight is 451 g/mol. The minimum atomic E-state index is -3.74. The molecule has 2 aromatic heterocycles. The quantitative estimate of drug-likeness (QED) is 0.474. The zero-order valence-electron chi connectivity index (χ0n) is 16.3. The van der Waals surface area contributed by atoms with Crippen LogP contribution in [-0.4, -0.2) is 24.3 Å². The summed E-state index contributed by atoms with van der Waals surface area (Å²) in [5, 5.41) is 5.73. The summed E-state index contributed by atoms with van der Waals surface area (Å²) in [6.45, 7) is 0. The second kappa shape index (κ2) is 7.75. The lowest BCUT2D eigenvalue weighted by Crippen LogP contribution is -2.16. The number of para-hydroxylation sites is 1. The Morgan fingerprint density at radius 2 is 1.84 bits per heavy atom. The Kier molecular flexibility index (Phi) is 4.91. The van der Waals surface area contributed by atoms with Gasteiger partial charge < -0.3 is 5.32 Å². The van der Waals surface area contributed by atoms with E-state index in [1.54, 1.807) is 17.5 Å². The van der Waals surface area contributed by atoms with Crippen molar-refractivity contribution < 1.29 is 13.2 Å². The molecule has 31 heavy (non-hydrogen) atoms. The maximum absolute atomic E-state index is 13.2. The molecule has 1 aliphatic rings. The minimum Gasteiger partial charge on any atom is -0.322 e. The highest BCUT2D eigenvalue weighted by atomic mass is 32.2. The molecule has 4 aromatic rings. The third kappa shape index (κ3) is 3.77. The van der Waals surface area contributed by atoms with E-state index in [4.69, 9.17) is 4.98 Å². The van der Waals surface area contributed by atoms with Gasteiger partial charge in [0.1, 0.15) is 0 Å². The average Bonchev–Trinajstić information content (AvgIpc) is 3.43. The van der Waals surface area contributed by atoms with Crippen LogP contribution in [0.5, 0.6) is 0 Å². The molecular weight excluding hydrogens is 432 g/mol. The van der Waals surface area contributed by atoms with E-state index in [0.29, 0.717) is 16.4 Å². The molecule has 0 atom stereocenters. The van der Waals surface area contributed by atoms with Gasteiger partial charge >= 0.3 is 0 Å². The lowest BCUT2D eigenvalue weighted by molar-refractivity contribution is 0.102. The largest absolute Gasteiger partial charge is 0.322 e. The van der Waals surface area contributed by atoms with E-state index in [1.807, 2.05) is 24.3 Å². The summed E-state index contributed by atoms with van der Waals surface area (Å²) >= 11 is 1.20. The van der Waals surface area contributed by atoms with Gasteiger partial charge in [0.05, 0.1) is 16.0 Å². The van der Waals surface area contributed by atoms with E-state index < -0.39 is 10.0 Å². The molecular formula is C22H18N4O3S2. The first-order valence-electron chi connectivity index (χ1n) is 9.75. The smallest absolute Gasteiger partial charge is 0.263 e. The molecule has 0 bridgehead atoms. The maximum atomic E-state index is 13.2. The number of benzene rings is 2. The molecule has 0 radical (unpaired) electrons. The molecule has 0 aliphatic heterocycles. The number of anilines is 2. The van der Waals surface area contributed by atoms with Gasteiger partial charge in [0.15, 0.2) is 5.13 Å². The Labute approximate surface area is 183 Å². The summed E-state index contributed by atoms with van der Waals surface area (Å²) in [6, 6.07) is 13.7. The number of carbonyl (C=O) groups is 1. The van der Waals surface area contributed by atoms with Crippen LogP contribution in [0.2, 0.25) is 0 Å². The summed E-state index contributed by atoms with van der Waals surface area (Å²) in [7, 11) is -3.74. The monoisotopic (exact) mass is 450 g/mol. The zero-order valence-corrected chi connectivity index (χ0v) is 18.0. The van der Waals surface area contributed by atoms with Gasteiger partial charge in [-0.1, -0.05) is 18.2 Å². The van der Waals surface area contributed by atoms with E-state index in [9.17, 15) is 13.2 Å². The number of rotatable bonds is 5. The Morgan fingerprint density at radius 3 is 2.61 bits per heavy atom. The first-order chi connectivity index (χ1) is 15.0. The Balaban J connectivity index is 1.42. The van der Waals surface area contributed by atoms with E-state index in [2.05, 4.69) is 15.0 Å². The van der Waals surface area contributed by atoms with Crippen LogP contribution in [0.15, 0.2) is 65.0 Å². The molecule has 0 saturated carbocycles. The maximum Gasteiger partial charge on any atom is 0.263 e. The van der Waals surface area contributed by atoms with E-state index in [-0.39, 0.29) is 10.8 Å². The number of nitrogens with one attached hydrogen (secondary N) is 2. The van der Waals surface area contributed by atoms with Crippen molar-refractivity contribution in [3.05, 3.63) is 76.9 Å². The molecule has 0 unspecified atom stereocenters. The third-order valence-corrected chi connectivity index (χ3v) is 7.40. The van der Waals surface area contributed by atoms with Crippen LogP contribution >= 0.6 is 11.3 Å². The summed E-state index contributed by atoms with van der Waals surface area (Å²) in [6.07, 6.45) is 4.22. The Bertz CT molecular complexity index is 1380. The fourth-order valence-corrected chi connectivity index (χ4v) is 5.62. The molecule has 2 aromatic carbocycles. The number of hydrogen-bond acceptors (Lipinski definition) is 6. The molecule has 2 N–H and O–H groups in total. The van der Waals surface area contributed by atoms with Gasteiger partial charge in [-0.2, -0.15) is 0 Å². The third-order valence-electron chi connectivity index (χ3n) is 5.22. The molecule has 5 rings (SSSR count). The standard InChI is InChI=1S/C22H18N4O3S2/c27-21(20-16-4-1-2-6-18(16)25-19-7-3-5-17(19)20)24-14-8-10-15(11-9-14)31(28,29)26-22-23-12-13-30-22/h1-2,4,6,8-13H,3,5,7H2,(H,23,26)(H,24,27). The number of hydrogen-bond donors (Lipinski definition) is 2. The van der Waals surface area contributed by atoms with E-state index in [1.165, 1.54) is 29.7 Å². The Morgan fingerprint density at radius 1 is 1.03 bits per heavy atom. The molecule has 0 saturated heterocycles. The highest BCUT2D eigenvalue weighted by Crippen LogP contribution is 2.30. The highest BCUT2D eigenvalue weighted by molar-refractivity contribution is 7.93. The number of pyridine rings is 1. The van der Waals surface area contributed by atoms with Crippen molar-refractivity contribution in [3.63, 3.8) is 0 Å². The van der Waals surface area contributed by atoms with Crippen LogP contribution in [0.25, 0.3) is 10.9 Å². The van der Waals surface area contributed by atoms with Crippen molar-refractivity contribution in [2.45, 2.75) is 24.2 Å². The molecule has 7 nitrogen and oxygen atoms in total. The minimum absolute atomic E-state index is 0.0935. The summed E-state index contributed by atoms with van der Waals surface area (Å²) in [5.41, 5.74) is 3.97. The summed E-state index contributed by atoms with van der Waals surface area (Å²) in [4.78, 5) is 22.0. The van der Waals surface area contributed by atoms with Crippen molar-refractivity contribution in [3.8, 4) is 0 Å². The fourth-order valence-electron chi connectivity index (χ4n) is 3.83. The van der Waals surface area contributed by atoms with Gasteiger partial charge in [0, 0.05) is 28.3 Å². The van der Waals surface area contributed by atoms with E-state index >= 15 is 0 Å². The Hall–Kier alpha value is -3.30. The predicted octanol–water partition coefficient (Wildman–Crippen LogP) is 4.23. The normalized spacial score (nSPS) is 13.2. The van der Waals surface area contributed by atoms with Crippen LogP contribution in [0.1, 0.15) is 28.0 Å². The van der Waals surface area contributed by atoms with Gasteiger partial charge in [0.2, 0.25) is 0 Å². The number of aromatic nitrogens is 2. The number of sulfonamides is 1. The number of nitrogens with zero attached hydrogens (tertiary/aromatic N) is 2. The van der Waals surface area contributed by atoms with Crippen LogP contribution < -0.4 is 10.0 Å². The molecule has 156 valence electrons. The van der Waals surface area contributed by atoms with E-state index in [0.717, 1.165) is 41.4 Å². The van der Waals surface area contributed by atoms with Gasteiger partial charge in [-0.25, -0.2) is 13.4 Å². The van der Waals surface area contributed by atoms with Crippen molar-refractivity contribution in [2.75, 3.05) is 10.0 Å². The fraction of sp³-hybridized carbons (Fsp3) is 0.136. The number of fused-ring (bicyclic) bond motifs is 2. The predicted molar refractivity (Wildman–Crippen MR) is 121 cm³/mol. The number of thiazole rings is 1. The van der Waals surface area contributed by atoms with Crippen LogP contribution in [0, 0.1) is 0 Å². The molecule has 0 fully saturated rings. The lowest BCUT2D eigenvalue weighted by Gasteiger charge is -2.13. The lowest BCUT2D eigenvalue weighted by atomic mass is 10.0. The van der Waals surface area contributed by atoms with Gasteiger partial charge in [0.25, 0.3) is 15.9 Å². The van der Waals surface area contributed by atoms with Crippen LogP contribution in [0.4, 0.5) is 10.8 Å². The molecule has 9 heteroatoms. The molecule has 1 amide bonds. The topological polar surface area (TPSA) is 101 Å². The number of aryl methyl sites for hydroxylation is 1. The summed E-state index contributed by atoms with van der Waals surface area (Å²) < 4.78 is 27.4. The van der Waals surface area contributed by atoms with Crippen LogP contribution in [-0.2, 0) is 22.9 Å². The van der Waals surface area contributed by atoms with Gasteiger partial charge in [-0.05, 0) is 55.2 Å². The van der Waals surface area contributed by atoms with Crippen molar-refractivity contribution in [1.82, 2.24) is 9.97 Å². The van der Waals surface area contributed by atoms with Crippen molar-refractivity contribution >= 4 is 49.0 Å². The first kappa shape index (κ1) is 19.7. The molecule has 2 heterocycles. The highest BCUT2D eigenvalue weighted by Gasteiger charge is 2.24. The molecule has 0 spiro atoms. The van der Waals surface area contributed by atoms with Crippen molar-refractivity contribution in [1.29, 1.82) is 0 Å². The number of amides is 1. The van der Waals surface area contributed by atoms with Crippen LogP contribution in [0.3, 0.4) is 0 Å². The molecule has 1 aliphatic carbocycles. The second-order valence-corrected chi connectivity index (χ2v) is 9.78. The zero-order chi connectivity index (χ0) is 21.4. The number of carbonyl (C=O) groups excluding carboxylic acids is 1. The summed E-state index contributed by atoms with van der Waals surface area (Å²) in [5.74, 6) is -0.215. The van der Waals surface area contributed by atoms with Crippen molar-refractivity contribution in [2.24, 2.45) is 0 Å². The van der Waals surface area contributed by atoms with Gasteiger partial charge in [-0.3, -0.25) is 14.5 Å². The second-order valence-electron chi connectivity index (χ2n) is 7.20. The SMILES string of the molecule is O=C(Nc1ccc(S(=O)(=O)Nc2nccs2)cc1)c1c2c(nc3ccccc13)CCC2.